The Balaban J connectivity index is 1.71. The lowest BCUT2D eigenvalue weighted by molar-refractivity contribution is -0.142. The molecular weight excluding hydrogens is 520 g/mol. The van der Waals surface area contributed by atoms with Gasteiger partial charge in [-0.2, -0.15) is 0 Å². The van der Waals surface area contributed by atoms with E-state index in [0.29, 0.717) is 41.3 Å². The summed E-state index contributed by atoms with van der Waals surface area (Å²) in [5.74, 6) is -4.32. The van der Waals surface area contributed by atoms with Crippen molar-refractivity contribution in [2.75, 3.05) is 25.6 Å². The van der Waals surface area contributed by atoms with Crippen molar-refractivity contribution >= 4 is 40.8 Å². The number of methoxy groups -OCH3 is 1. The van der Waals surface area contributed by atoms with Crippen LogP contribution in [-0.2, 0) is 16.0 Å². The van der Waals surface area contributed by atoms with E-state index in [1.807, 2.05) is 0 Å². The van der Waals surface area contributed by atoms with Crippen LogP contribution in [0.15, 0.2) is 42.5 Å². The van der Waals surface area contributed by atoms with Crippen molar-refractivity contribution in [1.82, 2.24) is 5.32 Å². The van der Waals surface area contributed by atoms with E-state index in [1.165, 1.54) is 0 Å². The predicted octanol–water partition coefficient (Wildman–Crippen LogP) is 5.40. The number of anilines is 1. The van der Waals surface area contributed by atoms with Crippen LogP contribution in [0.3, 0.4) is 0 Å². The number of benzene rings is 3. The lowest BCUT2D eigenvalue weighted by Crippen LogP contribution is -2.43. The summed E-state index contributed by atoms with van der Waals surface area (Å²) in [7, 11) is 1.13. The summed E-state index contributed by atoms with van der Waals surface area (Å²) in [4.78, 5) is 25.1. The molecule has 0 aromatic heterocycles. The summed E-state index contributed by atoms with van der Waals surface area (Å²) in [5, 5.41) is 5.72. The van der Waals surface area contributed by atoms with Crippen LogP contribution >= 0.6 is 23.2 Å². The van der Waals surface area contributed by atoms with Crippen LogP contribution in [0.1, 0.15) is 15.9 Å². The summed E-state index contributed by atoms with van der Waals surface area (Å²) < 4.78 is 52.6. The van der Waals surface area contributed by atoms with Crippen molar-refractivity contribution in [3.63, 3.8) is 0 Å². The standard InChI is InChI=1S/C25H19Cl2F3N2O4/c1-35-25(34)19(32-24(33)21-17(29)3-2-4-18(21)30)9-12-5-6-14(22-23(12)36-8-7-31-22)20-15(26)10-13(28)11-16(20)27/h2-6,10-11,19,31H,7-9H2,1H3,(H,32,33). The Bertz CT molecular complexity index is 1310. The fourth-order valence-corrected chi connectivity index (χ4v) is 4.63. The number of hydrogen-bond acceptors (Lipinski definition) is 5. The molecule has 2 N–H and O–H groups in total. The number of ether oxygens (including phenoxy) is 2. The summed E-state index contributed by atoms with van der Waals surface area (Å²) in [5.41, 5.74) is 1.09. The van der Waals surface area contributed by atoms with E-state index >= 15 is 0 Å². The third kappa shape index (κ3) is 5.08. The summed E-state index contributed by atoms with van der Waals surface area (Å²) >= 11 is 12.5. The zero-order valence-electron chi connectivity index (χ0n) is 18.8. The highest BCUT2D eigenvalue weighted by Crippen LogP contribution is 2.45. The van der Waals surface area contributed by atoms with Gasteiger partial charge in [0.1, 0.15) is 41.4 Å². The van der Waals surface area contributed by atoms with Gasteiger partial charge in [0.15, 0.2) is 0 Å². The molecule has 1 amide bonds. The molecule has 0 saturated heterocycles. The Morgan fingerprint density at radius 2 is 1.78 bits per heavy atom. The number of amides is 1. The lowest BCUT2D eigenvalue weighted by Gasteiger charge is -2.26. The molecule has 0 fully saturated rings. The van der Waals surface area contributed by atoms with Gasteiger partial charge in [0.25, 0.3) is 5.91 Å². The third-order valence-electron chi connectivity index (χ3n) is 5.57. The second kappa shape index (κ2) is 10.7. The normalized spacial score (nSPS) is 13.2. The number of carbonyl (C=O) groups is 2. The van der Waals surface area contributed by atoms with Gasteiger partial charge < -0.3 is 20.1 Å². The average molecular weight is 539 g/mol. The second-order valence-electron chi connectivity index (χ2n) is 7.85. The number of carbonyl (C=O) groups excluding carboxylic acids is 2. The van der Waals surface area contributed by atoms with Crippen molar-refractivity contribution in [2.45, 2.75) is 12.5 Å². The molecule has 11 heteroatoms. The maximum Gasteiger partial charge on any atom is 0.328 e. The Morgan fingerprint density at radius 3 is 2.42 bits per heavy atom. The minimum Gasteiger partial charge on any atom is -0.489 e. The molecule has 1 unspecified atom stereocenters. The van der Waals surface area contributed by atoms with Gasteiger partial charge in [0.05, 0.1) is 22.8 Å². The topological polar surface area (TPSA) is 76.7 Å². The average Bonchev–Trinajstić information content (AvgIpc) is 2.83. The van der Waals surface area contributed by atoms with Crippen molar-refractivity contribution in [3.8, 4) is 16.9 Å². The largest absolute Gasteiger partial charge is 0.489 e. The van der Waals surface area contributed by atoms with E-state index in [-0.39, 0.29) is 16.5 Å². The monoisotopic (exact) mass is 538 g/mol. The van der Waals surface area contributed by atoms with Crippen LogP contribution in [0.5, 0.6) is 5.75 Å². The van der Waals surface area contributed by atoms with E-state index in [2.05, 4.69) is 10.6 Å². The smallest absolute Gasteiger partial charge is 0.328 e. The van der Waals surface area contributed by atoms with Crippen molar-refractivity contribution in [2.24, 2.45) is 0 Å². The molecule has 0 radical (unpaired) electrons. The first-order valence-corrected chi connectivity index (χ1v) is 11.5. The maximum atomic E-state index is 14.1. The van der Waals surface area contributed by atoms with Gasteiger partial charge in [-0.05, 0) is 29.8 Å². The van der Waals surface area contributed by atoms with Crippen LogP contribution in [-0.4, -0.2) is 38.2 Å². The number of rotatable bonds is 6. The van der Waals surface area contributed by atoms with Gasteiger partial charge >= 0.3 is 5.97 Å². The molecule has 1 atom stereocenters. The Labute approximate surface area is 214 Å². The number of hydrogen-bond donors (Lipinski definition) is 2. The summed E-state index contributed by atoms with van der Waals surface area (Å²) in [6.07, 6.45) is -0.121. The molecule has 6 nitrogen and oxygen atoms in total. The van der Waals surface area contributed by atoms with Crippen LogP contribution in [0.25, 0.3) is 11.1 Å². The molecule has 0 aliphatic carbocycles. The number of nitrogens with one attached hydrogen (secondary N) is 2. The predicted molar refractivity (Wildman–Crippen MR) is 129 cm³/mol. The molecule has 188 valence electrons. The van der Waals surface area contributed by atoms with Gasteiger partial charge in [-0.1, -0.05) is 41.4 Å². The highest BCUT2D eigenvalue weighted by Gasteiger charge is 2.29. The van der Waals surface area contributed by atoms with E-state index in [9.17, 15) is 22.8 Å². The van der Waals surface area contributed by atoms with Crippen molar-refractivity contribution in [3.05, 3.63) is 81.1 Å². The zero-order chi connectivity index (χ0) is 26.0. The highest BCUT2D eigenvalue weighted by atomic mass is 35.5. The van der Waals surface area contributed by atoms with E-state index in [4.69, 9.17) is 32.7 Å². The Hall–Kier alpha value is -3.43. The molecule has 1 heterocycles. The highest BCUT2D eigenvalue weighted by molar-refractivity contribution is 6.39. The number of fused-ring (bicyclic) bond motifs is 1. The molecule has 1 aliphatic rings. The van der Waals surface area contributed by atoms with Gasteiger partial charge in [-0.15, -0.1) is 0 Å². The summed E-state index contributed by atoms with van der Waals surface area (Å²) in [6.45, 7) is 0.744. The minimum absolute atomic E-state index is 0.0916. The minimum atomic E-state index is -1.29. The van der Waals surface area contributed by atoms with E-state index < -0.39 is 40.9 Å². The molecule has 3 aromatic rings. The second-order valence-corrected chi connectivity index (χ2v) is 8.66. The van der Waals surface area contributed by atoms with Crippen molar-refractivity contribution < 1.29 is 32.2 Å². The first-order chi connectivity index (χ1) is 17.2. The third-order valence-corrected chi connectivity index (χ3v) is 6.17. The number of esters is 1. The SMILES string of the molecule is COC(=O)C(Cc1ccc(-c2c(Cl)cc(F)cc2Cl)c2c1OCCN2)NC(=O)c1c(F)cccc1F. The quantitative estimate of drug-likeness (QED) is 0.411. The van der Waals surface area contributed by atoms with Crippen LogP contribution in [0.4, 0.5) is 18.9 Å². The maximum absolute atomic E-state index is 14.1. The molecule has 36 heavy (non-hydrogen) atoms. The summed E-state index contributed by atoms with van der Waals surface area (Å²) in [6, 6.07) is 7.26. The fraction of sp³-hybridized carbons (Fsp3) is 0.200. The van der Waals surface area contributed by atoms with Crippen LogP contribution in [0, 0.1) is 17.5 Å². The molecule has 3 aromatic carbocycles. The molecule has 1 aliphatic heterocycles. The zero-order valence-corrected chi connectivity index (χ0v) is 20.3. The molecule has 0 bridgehead atoms. The van der Waals surface area contributed by atoms with Gasteiger partial charge in [0.2, 0.25) is 0 Å². The van der Waals surface area contributed by atoms with Crippen LogP contribution in [0.2, 0.25) is 10.0 Å². The van der Waals surface area contributed by atoms with Crippen LogP contribution < -0.4 is 15.4 Å². The van der Waals surface area contributed by atoms with Gasteiger partial charge in [0, 0.05) is 24.1 Å². The van der Waals surface area contributed by atoms with Crippen molar-refractivity contribution in [1.29, 1.82) is 0 Å². The fourth-order valence-electron chi connectivity index (χ4n) is 3.96. The number of halogens is 5. The first-order valence-electron chi connectivity index (χ1n) is 10.7. The lowest BCUT2D eigenvalue weighted by atomic mass is 9.96. The van der Waals surface area contributed by atoms with Gasteiger partial charge in [-0.3, -0.25) is 4.79 Å². The Morgan fingerprint density at radius 1 is 1.11 bits per heavy atom. The van der Waals surface area contributed by atoms with Gasteiger partial charge in [-0.25, -0.2) is 18.0 Å². The first kappa shape index (κ1) is 25.7. The van der Waals surface area contributed by atoms with E-state index in [0.717, 1.165) is 37.4 Å². The van der Waals surface area contributed by atoms with E-state index in [1.54, 1.807) is 12.1 Å². The molecule has 0 saturated carbocycles. The molecule has 0 spiro atoms. The Kier molecular flexibility index (Phi) is 7.61. The molecular formula is C25H19Cl2F3N2O4. The molecule has 4 rings (SSSR count).